The van der Waals surface area contributed by atoms with E-state index in [2.05, 4.69) is 10.2 Å². The van der Waals surface area contributed by atoms with Crippen molar-refractivity contribution in [3.05, 3.63) is 29.3 Å². The smallest absolute Gasteiger partial charge is 0.137 e. The molecule has 19 heavy (non-hydrogen) atoms. The summed E-state index contributed by atoms with van der Waals surface area (Å²) in [6, 6.07) is 8.37. The van der Waals surface area contributed by atoms with Crippen LogP contribution >= 0.6 is 11.6 Å². The van der Waals surface area contributed by atoms with Gasteiger partial charge in [-0.1, -0.05) is 23.7 Å². The second kappa shape index (κ2) is 6.12. The first-order valence-electron chi connectivity index (χ1n) is 7.16. The highest BCUT2D eigenvalue weighted by Crippen LogP contribution is 2.25. The number of ether oxygens (including phenoxy) is 1. The van der Waals surface area contributed by atoms with Crippen LogP contribution in [0, 0.1) is 5.92 Å². The van der Waals surface area contributed by atoms with Crippen molar-refractivity contribution >= 4 is 11.6 Å². The van der Waals surface area contributed by atoms with Gasteiger partial charge < -0.3 is 10.1 Å². The summed E-state index contributed by atoms with van der Waals surface area (Å²) >= 11 is 6.07. The van der Waals surface area contributed by atoms with Gasteiger partial charge in [0.2, 0.25) is 0 Å². The summed E-state index contributed by atoms with van der Waals surface area (Å²) in [5.41, 5.74) is 0. The fourth-order valence-electron chi connectivity index (χ4n) is 3.17. The van der Waals surface area contributed by atoms with E-state index in [0.717, 1.165) is 24.8 Å². The monoisotopic (exact) mass is 280 g/mol. The Morgan fingerprint density at radius 3 is 3.05 bits per heavy atom. The van der Waals surface area contributed by atoms with Crippen molar-refractivity contribution in [2.75, 3.05) is 32.8 Å². The summed E-state index contributed by atoms with van der Waals surface area (Å²) in [5.74, 6) is 1.63. The minimum atomic E-state index is 0.694. The van der Waals surface area contributed by atoms with Crippen molar-refractivity contribution in [1.82, 2.24) is 10.2 Å². The van der Waals surface area contributed by atoms with Gasteiger partial charge in [0, 0.05) is 25.7 Å². The van der Waals surface area contributed by atoms with Crippen molar-refractivity contribution in [1.29, 1.82) is 0 Å². The molecular formula is C15H21ClN2O. The third kappa shape index (κ3) is 3.22. The zero-order chi connectivity index (χ0) is 13.1. The molecular weight excluding hydrogens is 260 g/mol. The molecule has 2 aliphatic rings. The van der Waals surface area contributed by atoms with E-state index in [9.17, 15) is 0 Å². The minimum absolute atomic E-state index is 0.694. The van der Waals surface area contributed by atoms with Crippen LogP contribution in [0.25, 0.3) is 0 Å². The van der Waals surface area contributed by atoms with Crippen LogP contribution in [0.5, 0.6) is 5.75 Å². The van der Waals surface area contributed by atoms with E-state index in [0.29, 0.717) is 17.7 Å². The predicted molar refractivity (Wildman–Crippen MR) is 77.9 cm³/mol. The zero-order valence-electron chi connectivity index (χ0n) is 11.1. The van der Waals surface area contributed by atoms with E-state index in [4.69, 9.17) is 16.3 Å². The van der Waals surface area contributed by atoms with E-state index >= 15 is 0 Å². The SMILES string of the molecule is Clc1ccccc1OCCN1CC2CCCNC2C1. The van der Waals surface area contributed by atoms with Crippen molar-refractivity contribution in [3.63, 3.8) is 0 Å². The minimum Gasteiger partial charge on any atom is -0.491 e. The molecule has 0 radical (unpaired) electrons. The third-order valence-corrected chi connectivity index (χ3v) is 4.49. The lowest BCUT2D eigenvalue weighted by atomic mass is 9.94. The van der Waals surface area contributed by atoms with Crippen molar-refractivity contribution in [2.24, 2.45) is 5.92 Å². The Balaban J connectivity index is 1.45. The molecule has 4 heteroatoms. The standard InChI is InChI=1S/C15H21ClN2O/c16-13-5-1-2-6-15(13)19-9-8-18-10-12-4-3-7-17-14(12)11-18/h1-2,5-6,12,14,17H,3-4,7-11H2. The summed E-state index contributed by atoms with van der Waals surface area (Å²) in [6.45, 7) is 5.26. The molecule has 0 aromatic heterocycles. The number of nitrogens with one attached hydrogen (secondary N) is 1. The lowest BCUT2D eigenvalue weighted by Crippen LogP contribution is -2.40. The molecule has 0 spiro atoms. The van der Waals surface area contributed by atoms with E-state index in [1.165, 1.54) is 25.9 Å². The number of hydrogen-bond donors (Lipinski definition) is 1. The first-order valence-corrected chi connectivity index (χ1v) is 7.54. The maximum Gasteiger partial charge on any atom is 0.137 e. The molecule has 2 saturated heterocycles. The summed E-state index contributed by atoms with van der Waals surface area (Å²) in [7, 11) is 0. The maximum absolute atomic E-state index is 6.07. The quantitative estimate of drug-likeness (QED) is 0.917. The Morgan fingerprint density at radius 2 is 2.21 bits per heavy atom. The van der Waals surface area contributed by atoms with Gasteiger partial charge in [0.05, 0.1) is 5.02 Å². The summed E-state index contributed by atoms with van der Waals surface area (Å²) in [6.07, 6.45) is 2.70. The summed E-state index contributed by atoms with van der Waals surface area (Å²) in [4.78, 5) is 2.50. The van der Waals surface area contributed by atoms with Gasteiger partial charge in [-0.2, -0.15) is 0 Å². The molecule has 0 aliphatic carbocycles. The molecule has 3 rings (SSSR count). The van der Waals surface area contributed by atoms with Crippen LogP contribution < -0.4 is 10.1 Å². The summed E-state index contributed by atoms with van der Waals surface area (Å²) < 4.78 is 5.76. The topological polar surface area (TPSA) is 24.5 Å². The average molecular weight is 281 g/mol. The molecule has 104 valence electrons. The first-order chi connectivity index (χ1) is 9.33. The number of rotatable bonds is 4. The van der Waals surface area contributed by atoms with Crippen LogP contribution in [0.3, 0.4) is 0 Å². The first kappa shape index (κ1) is 13.2. The maximum atomic E-state index is 6.07. The van der Waals surface area contributed by atoms with Crippen molar-refractivity contribution in [3.8, 4) is 5.75 Å². The van der Waals surface area contributed by atoms with Gasteiger partial charge in [0.15, 0.2) is 0 Å². The molecule has 1 N–H and O–H groups in total. The van der Waals surface area contributed by atoms with Crippen LogP contribution in [0.15, 0.2) is 24.3 Å². The summed E-state index contributed by atoms with van der Waals surface area (Å²) in [5, 5.41) is 4.32. The van der Waals surface area contributed by atoms with Crippen LogP contribution in [0.2, 0.25) is 5.02 Å². The molecule has 2 heterocycles. The van der Waals surface area contributed by atoms with Crippen LogP contribution in [0.1, 0.15) is 12.8 Å². The molecule has 2 atom stereocenters. The normalized spacial score (nSPS) is 27.2. The van der Waals surface area contributed by atoms with E-state index < -0.39 is 0 Å². The Kier molecular flexibility index (Phi) is 4.26. The van der Waals surface area contributed by atoms with Gasteiger partial charge in [-0.05, 0) is 37.4 Å². The number of benzene rings is 1. The molecule has 2 fully saturated rings. The Labute approximate surface area is 119 Å². The van der Waals surface area contributed by atoms with Crippen LogP contribution in [0.4, 0.5) is 0 Å². The highest BCUT2D eigenvalue weighted by atomic mass is 35.5. The van der Waals surface area contributed by atoms with Crippen molar-refractivity contribution in [2.45, 2.75) is 18.9 Å². The number of para-hydroxylation sites is 1. The average Bonchev–Trinajstić information content (AvgIpc) is 2.83. The Hall–Kier alpha value is -0.770. The number of likely N-dealkylation sites (tertiary alicyclic amines) is 1. The van der Waals surface area contributed by atoms with Gasteiger partial charge in [-0.25, -0.2) is 0 Å². The molecule has 0 amide bonds. The lowest BCUT2D eigenvalue weighted by molar-refractivity contribution is 0.232. The van der Waals surface area contributed by atoms with Crippen LogP contribution in [-0.4, -0.2) is 43.7 Å². The fourth-order valence-corrected chi connectivity index (χ4v) is 3.36. The molecule has 0 saturated carbocycles. The number of fused-ring (bicyclic) bond motifs is 1. The molecule has 3 nitrogen and oxygen atoms in total. The number of halogens is 1. The second-order valence-electron chi connectivity index (χ2n) is 5.50. The molecule has 2 unspecified atom stereocenters. The molecule has 2 aliphatic heterocycles. The van der Waals surface area contributed by atoms with E-state index in [-0.39, 0.29) is 0 Å². The van der Waals surface area contributed by atoms with E-state index in [1.54, 1.807) is 0 Å². The van der Waals surface area contributed by atoms with Gasteiger partial charge >= 0.3 is 0 Å². The molecule has 1 aromatic carbocycles. The predicted octanol–water partition coefficient (Wildman–Crippen LogP) is 2.40. The Bertz CT molecular complexity index is 412. The highest BCUT2D eigenvalue weighted by molar-refractivity contribution is 6.32. The fraction of sp³-hybridized carbons (Fsp3) is 0.600. The van der Waals surface area contributed by atoms with Crippen molar-refractivity contribution < 1.29 is 4.74 Å². The molecule has 0 bridgehead atoms. The lowest BCUT2D eigenvalue weighted by Gasteiger charge is -2.24. The van der Waals surface area contributed by atoms with Crippen LogP contribution in [-0.2, 0) is 0 Å². The second-order valence-corrected chi connectivity index (χ2v) is 5.91. The van der Waals surface area contributed by atoms with E-state index in [1.807, 2.05) is 24.3 Å². The third-order valence-electron chi connectivity index (χ3n) is 4.18. The van der Waals surface area contributed by atoms with Gasteiger partial charge in [-0.15, -0.1) is 0 Å². The zero-order valence-corrected chi connectivity index (χ0v) is 11.9. The van der Waals surface area contributed by atoms with Gasteiger partial charge in [0.1, 0.15) is 12.4 Å². The number of hydrogen-bond acceptors (Lipinski definition) is 3. The highest BCUT2D eigenvalue weighted by Gasteiger charge is 2.33. The number of nitrogens with zero attached hydrogens (tertiary/aromatic N) is 1. The van der Waals surface area contributed by atoms with Gasteiger partial charge in [-0.3, -0.25) is 4.90 Å². The van der Waals surface area contributed by atoms with Gasteiger partial charge in [0.25, 0.3) is 0 Å². The number of piperidine rings is 1. The Morgan fingerprint density at radius 1 is 1.32 bits per heavy atom. The molecule has 1 aromatic rings. The largest absolute Gasteiger partial charge is 0.491 e.